The van der Waals surface area contributed by atoms with E-state index < -0.39 is 0 Å². The van der Waals surface area contributed by atoms with Crippen molar-refractivity contribution in [2.45, 2.75) is 20.3 Å². The highest BCUT2D eigenvalue weighted by Gasteiger charge is 2.15. The van der Waals surface area contributed by atoms with Gasteiger partial charge in [-0.1, -0.05) is 6.92 Å². The Kier molecular flexibility index (Phi) is 3.15. The number of rotatable bonds is 3. The van der Waals surface area contributed by atoms with Crippen LogP contribution >= 0.6 is 11.3 Å². The Bertz CT molecular complexity index is 516. The Morgan fingerprint density at radius 1 is 1.44 bits per heavy atom. The Labute approximate surface area is 99.0 Å². The van der Waals surface area contributed by atoms with E-state index in [9.17, 15) is 4.79 Å². The maximum absolute atomic E-state index is 12.3. The van der Waals surface area contributed by atoms with Gasteiger partial charge in [0.2, 0.25) is 5.78 Å². The summed E-state index contributed by atoms with van der Waals surface area (Å²) >= 11 is 1.50. The van der Waals surface area contributed by atoms with Gasteiger partial charge in [-0.15, -0.1) is 11.3 Å². The molecule has 0 aliphatic carbocycles. The molecule has 0 spiro atoms. The molecule has 0 amide bonds. The quantitative estimate of drug-likeness (QED) is 0.759. The summed E-state index contributed by atoms with van der Waals surface area (Å²) in [6.07, 6.45) is 4.28. The summed E-state index contributed by atoms with van der Waals surface area (Å²) in [6.45, 7) is 4.01. The van der Waals surface area contributed by atoms with Crippen LogP contribution in [0.15, 0.2) is 29.9 Å². The number of thiophene rings is 1. The topological polar surface area (TPSA) is 30.0 Å². The van der Waals surface area contributed by atoms with E-state index in [2.05, 4.69) is 4.98 Å². The largest absolute Gasteiger partial charge is 0.288 e. The van der Waals surface area contributed by atoms with Crippen LogP contribution in [0.3, 0.4) is 0 Å². The predicted octanol–water partition coefficient (Wildman–Crippen LogP) is 3.24. The number of hydrogen-bond acceptors (Lipinski definition) is 3. The molecule has 0 radical (unpaired) electrons. The molecule has 2 aromatic rings. The third-order valence-corrected chi connectivity index (χ3v) is 3.61. The van der Waals surface area contributed by atoms with Crippen LogP contribution < -0.4 is 0 Å². The third kappa shape index (κ3) is 1.91. The lowest BCUT2D eigenvalue weighted by Crippen LogP contribution is -2.04. The third-order valence-electron chi connectivity index (χ3n) is 2.60. The molecule has 0 bridgehead atoms. The van der Waals surface area contributed by atoms with Gasteiger partial charge in [0.15, 0.2) is 0 Å². The van der Waals surface area contributed by atoms with Crippen LogP contribution in [-0.2, 0) is 6.42 Å². The second-order valence-electron chi connectivity index (χ2n) is 3.65. The SMILES string of the molecule is CCc1cnccc1C(=O)c1sccc1C. The molecule has 0 fully saturated rings. The highest BCUT2D eigenvalue weighted by molar-refractivity contribution is 7.12. The molecule has 0 saturated heterocycles. The van der Waals surface area contributed by atoms with Crippen molar-refractivity contribution in [3.8, 4) is 0 Å². The summed E-state index contributed by atoms with van der Waals surface area (Å²) < 4.78 is 0. The summed E-state index contributed by atoms with van der Waals surface area (Å²) in [5.41, 5.74) is 2.84. The Morgan fingerprint density at radius 3 is 2.88 bits per heavy atom. The van der Waals surface area contributed by atoms with Crippen molar-refractivity contribution in [3.05, 3.63) is 51.5 Å². The van der Waals surface area contributed by atoms with Crippen molar-refractivity contribution >= 4 is 17.1 Å². The number of carbonyl (C=O) groups is 1. The monoisotopic (exact) mass is 231 g/mol. The molecule has 2 nitrogen and oxygen atoms in total. The number of carbonyl (C=O) groups excluding carboxylic acids is 1. The first-order valence-corrected chi connectivity index (χ1v) is 6.13. The average Bonchev–Trinajstić information content (AvgIpc) is 2.74. The van der Waals surface area contributed by atoms with E-state index in [-0.39, 0.29) is 5.78 Å². The zero-order valence-electron chi connectivity index (χ0n) is 9.36. The fourth-order valence-electron chi connectivity index (χ4n) is 1.66. The highest BCUT2D eigenvalue weighted by atomic mass is 32.1. The molecule has 0 atom stereocenters. The number of hydrogen-bond donors (Lipinski definition) is 0. The standard InChI is InChI=1S/C13H13NOS/c1-3-10-8-14-6-4-11(10)12(15)13-9(2)5-7-16-13/h4-8H,3H2,1-2H3. The van der Waals surface area contributed by atoms with Gasteiger partial charge in [0.1, 0.15) is 0 Å². The van der Waals surface area contributed by atoms with Crippen LogP contribution in [0, 0.1) is 6.92 Å². The number of nitrogens with zero attached hydrogens (tertiary/aromatic N) is 1. The lowest BCUT2D eigenvalue weighted by Gasteiger charge is -2.05. The van der Waals surface area contributed by atoms with Crippen LogP contribution in [0.2, 0.25) is 0 Å². The number of aromatic nitrogens is 1. The molecule has 2 heterocycles. The summed E-state index contributed by atoms with van der Waals surface area (Å²) in [4.78, 5) is 17.2. The Balaban J connectivity index is 2.46. The van der Waals surface area contributed by atoms with Crippen molar-refractivity contribution in [2.24, 2.45) is 0 Å². The fourth-order valence-corrected chi connectivity index (χ4v) is 2.54. The summed E-state index contributed by atoms with van der Waals surface area (Å²) in [5.74, 6) is 0.117. The second kappa shape index (κ2) is 4.58. The first kappa shape index (κ1) is 11.0. The molecule has 0 aliphatic rings. The van der Waals surface area contributed by atoms with Crippen LogP contribution in [0.25, 0.3) is 0 Å². The highest BCUT2D eigenvalue weighted by Crippen LogP contribution is 2.21. The first-order valence-electron chi connectivity index (χ1n) is 5.25. The number of aryl methyl sites for hydroxylation is 2. The zero-order chi connectivity index (χ0) is 11.5. The van der Waals surface area contributed by atoms with E-state index in [1.54, 1.807) is 18.5 Å². The Morgan fingerprint density at radius 2 is 2.25 bits per heavy atom. The molecule has 0 unspecified atom stereocenters. The maximum atomic E-state index is 12.3. The summed E-state index contributed by atoms with van der Waals surface area (Å²) in [5, 5.41) is 1.95. The molecule has 2 rings (SSSR count). The second-order valence-corrected chi connectivity index (χ2v) is 4.56. The lowest BCUT2D eigenvalue weighted by atomic mass is 10.0. The van der Waals surface area contributed by atoms with Gasteiger partial charge in [-0.25, -0.2) is 0 Å². The van der Waals surface area contributed by atoms with Gasteiger partial charge in [0, 0.05) is 18.0 Å². The fraction of sp³-hybridized carbons (Fsp3) is 0.231. The van der Waals surface area contributed by atoms with Crippen molar-refractivity contribution in [3.63, 3.8) is 0 Å². The van der Waals surface area contributed by atoms with Gasteiger partial charge in [0.25, 0.3) is 0 Å². The van der Waals surface area contributed by atoms with E-state index >= 15 is 0 Å². The minimum absolute atomic E-state index is 0.117. The molecule has 0 saturated carbocycles. The molecule has 3 heteroatoms. The van der Waals surface area contributed by atoms with E-state index in [1.165, 1.54) is 11.3 Å². The van der Waals surface area contributed by atoms with Gasteiger partial charge < -0.3 is 0 Å². The van der Waals surface area contributed by atoms with E-state index in [0.717, 1.165) is 28.0 Å². The molecule has 0 aliphatic heterocycles. The van der Waals surface area contributed by atoms with E-state index in [4.69, 9.17) is 0 Å². The van der Waals surface area contributed by atoms with Gasteiger partial charge >= 0.3 is 0 Å². The average molecular weight is 231 g/mol. The van der Waals surface area contributed by atoms with Crippen LogP contribution in [0.5, 0.6) is 0 Å². The van der Waals surface area contributed by atoms with Gasteiger partial charge in [-0.2, -0.15) is 0 Å². The number of pyridine rings is 1. The summed E-state index contributed by atoms with van der Waals surface area (Å²) in [6, 6.07) is 3.78. The molecular weight excluding hydrogens is 218 g/mol. The first-order chi connectivity index (χ1) is 7.74. The zero-order valence-corrected chi connectivity index (χ0v) is 10.2. The van der Waals surface area contributed by atoms with Crippen molar-refractivity contribution in [1.29, 1.82) is 0 Å². The normalized spacial score (nSPS) is 10.4. The van der Waals surface area contributed by atoms with E-state index in [1.807, 2.05) is 25.3 Å². The molecule has 2 aromatic heterocycles. The molecular formula is C13H13NOS. The smallest absolute Gasteiger partial charge is 0.203 e. The lowest BCUT2D eigenvalue weighted by molar-refractivity contribution is 0.104. The number of ketones is 1. The van der Waals surface area contributed by atoms with Crippen molar-refractivity contribution < 1.29 is 4.79 Å². The van der Waals surface area contributed by atoms with Crippen molar-refractivity contribution in [1.82, 2.24) is 4.98 Å². The van der Waals surface area contributed by atoms with Gasteiger partial charge in [-0.3, -0.25) is 9.78 Å². The summed E-state index contributed by atoms with van der Waals surface area (Å²) in [7, 11) is 0. The van der Waals surface area contributed by atoms with Crippen molar-refractivity contribution in [2.75, 3.05) is 0 Å². The Hall–Kier alpha value is -1.48. The van der Waals surface area contributed by atoms with Crippen LogP contribution in [0.4, 0.5) is 0 Å². The molecule has 0 aromatic carbocycles. The van der Waals surface area contributed by atoms with E-state index in [0.29, 0.717) is 0 Å². The maximum Gasteiger partial charge on any atom is 0.203 e. The molecule has 82 valence electrons. The van der Waals surface area contributed by atoms with Gasteiger partial charge in [0.05, 0.1) is 4.88 Å². The predicted molar refractivity (Wildman–Crippen MR) is 66.1 cm³/mol. The van der Waals surface area contributed by atoms with Crippen LogP contribution in [-0.4, -0.2) is 10.8 Å². The van der Waals surface area contributed by atoms with Gasteiger partial charge in [-0.05, 0) is 42.0 Å². The molecule has 0 N–H and O–H groups in total. The molecule has 16 heavy (non-hydrogen) atoms. The minimum atomic E-state index is 0.117. The van der Waals surface area contributed by atoms with Crippen LogP contribution in [0.1, 0.15) is 33.3 Å². The minimum Gasteiger partial charge on any atom is -0.288 e.